The van der Waals surface area contributed by atoms with Crippen molar-refractivity contribution in [1.82, 2.24) is 84.7 Å². The number of carbonyl (C=O) groups is 18. The van der Waals surface area contributed by atoms with Crippen LogP contribution >= 0.6 is 0 Å². The Kier molecular flexibility index (Phi) is 37.3. The smallest absolute Gasteiger partial charge is 0.246 e. The van der Waals surface area contributed by atoms with Gasteiger partial charge in [-0.2, -0.15) is 0 Å². The van der Waals surface area contributed by atoms with Gasteiger partial charge in [0.05, 0.1) is 12.6 Å². The number of fused-ring (bicyclic) bond motifs is 1. The summed E-state index contributed by atoms with van der Waals surface area (Å²) in [4.78, 5) is 246. The zero-order valence-corrected chi connectivity index (χ0v) is 69.6. The van der Waals surface area contributed by atoms with Crippen molar-refractivity contribution >= 4 is 117 Å². The van der Waals surface area contributed by atoms with Gasteiger partial charge >= 0.3 is 0 Å². The number of H-pyrrole nitrogens is 1. The maximum Gasteiger partial charge on any atom is 0.246 e. The van der Waals surface area contributed by atoms with E-state index in [-0.39, 0.29) is 49.9 Å². The van der Waals surface area contributed by atoms with E-state index in [0.717, 1.165) is 16.5 Å². The molecule has 0 aliphatic rings. The number of aromatic amines is 1. The van der Waals surface area contributed by atoms with E-state index in [1.54, 1.807) is 33.9 Å². The number of nitrogens with two attached hydrogens (primary N) is 3. The van der Waals surface area contributed by atoms with Crippen LogP contribution in [0.4, 0.5) is 0 Å². The van der Waals surface area contributed by atoms with Crippen molar-refractivity contribution in [3.8, 4) is 0 Å². The number of hydrogen-bond donors (Lipinski definition) is 20. The van der Waals surface area contributed by atoms with Crippen LogP contribution in [0, 0.1) is 17.8 Å². The Balaban J connectivity index is 2.24. The van der Waals surface area contributed by atoms with Crippen LogP contribution in [0.15, 0.2) is 30.5 Å². The van der Waals surface area contributed by atoms with Crippen LogP contribution in [-0.2, 0) is 92.7 Å². The van der Waals surface area contributed by atoms with Crippen LogP contribution in [0.1, 0.15) is 209 Å². The normalized spacial score (nSPS) is 14.4. The summed E-state index contributed by atoms with van der Waals surface area (Å²) in [6.45, 7) is 29.6. The fourth-order valence-electron chi connectivity index (χ4n) is 11.3. The number of primary amides is 3. The van der Waals surface area contributed by atoms with E-state index in [9.17, 15) is 91.4 Å². The van der Waals surface area contributed by atoms with E-state index < -0.39 is 226 Å². The highest BCUT2D eigenvalue weighted by Gasteiger charge is 2.45. The molecule has 638 valence electrons. The number of hydrogen-bond acceptors (Lipinski definition) is 19. The highest BCUT2D eigenvalue weighted by Crippen LogP contribution is 2.22. The molecule has 23 N–H and O–H groups in total. The molecule has 18 amide bonds. The molecular weight excluding hydrogens is 1480 g/mol. The standard InChI is InChI=1S/C76H125N19O19/c1-38(2)32-45(37-96)84-59(103)48(26-29-54(77)98)85-57(101)41(7)81-61(105)51(33-39(3)4)86-60(104)49(27-30-55(78)99)87-66(110)72(12,13)94-70(114)76(20,21)95-69(113)75(18,19)91-63(107)50(28-31-56(79)100)88-65(109)71(10,11)92-64(108)52(34-40(5)6)89-67(111)73(14,15)93-68(112)74(16,17)90-58(102)42(8)82-62(106)53(83-43(9)97)35-44-36-80-47-25-23-22-24-46(44)47/h22-25,36,38-42,45,48-53,80,96H,26-35,37H2,1-21H3,(H2,77,98)(H2,78,99)(H2,79,100)(H,81,105)(H,82,106)(H,83,97)(H,84,103)(H,85,101)(H,86,104)(H,87,110)(H,88,109)(H,89,111)(H,90,102)(H,91,107)(H,92,108)(H,93,112)(H,94,114)(H,95,113)/t41-,42-,45-,48-,49-,50-,51-,52-,53-/m0/s1. The molecule has 1 heterocycles. The molecule has 0 aliphatic carbocycles. The minimum atomic E-state index is -1.94. The summed E-state index contributed by atoms with van der Waals surface area (Å²) < 4.78 is 0. The molecule has 0 aliphatic heterocycles. The summed E-state index contributed by atoms with van der Waals surface area (Å²) in [5, 5.41) is 49.0. The van der Waals surface area contributed by atoms with Crippen molar-refractivity contribution in [1.29, 1.82) is 0 Å². The second-order valence-corrected chi connectivity index (χ2v) is 33.3. The number of aromatic nitrogens is 1. The molecule has 2 aromatic rings. The fourth-order valence-corrected chi connectivity index (χ4v) is 11.3. The Bertz CT molecular complexity index is 3840. The molecular formula is C76H125N19O19. The molecule has 1 aromatic heterocycles. The van der Waals surface area contributed by atoms with Crippen LogP contribution in [0.25, 0.3) is 10.9 Å². The van der Waals surface area contributed by atoms with E-state index >= 15 is 0 Å². The minimum Gasteiger partial charge on any atom is -0.394 e. The summed E-state index contributed by atoms with van der Waals surface area (Å²) in [6.07, 6.45) is -0.158. The number of aliphatic hydroxyl groups excluding tert-OH is 1. The molecule has 0 radical (unpaired) electrons. The third kappa shape index (κ3) is 32.7. The van der Waals surface area contributed by atoms with Crippen LogP contribution in [0.5, 0.6) is 0 Å². The summed E-state index contributed by atoms with van der Waals surface area (Å²) in [5.41, 5.74) is 6.59. The topological polar surface area (TPSA) is 602 Å². The van der Waals surface area contributed by atoms with Crippen LogP contribution in [-0.4, -0.2) is 211 Å². The number of amides is 18. The number of nitrogens with one attached hydrogen (secondary N) is 16. The Morgan fingerprint density at radius 1 is 0.360 bits per heavy atom. The number of benzene rings is 1. The first-order valence-corrected chi connectivity index (χ1v) is 37.9. The molecule has 0 fully saturated rings. The maximum absolute atomic E-state index is 14.2. The maximum atomic E-state index is 14.2. The predicted molar refractivity (Wildman–Crippen MR) is 420 cm³/mol. The predicted octanol–water partition coefficient (Wildman–Crippen LogP) is -2.57. The lowest BCUT2D eigenvalue weighted by atomic mass is 9.95. The van der Waals surface area contributed by atoms with Gasteiger partial charge in [-0.25, -0.2) is 0 Å². The summed E-state index contributed by atoms with van der Waals surface area (Å²) in [6, 6.07) is -4.25. The van der Waals surface area contributed by atoms with E-state index in [4.69, 9.17) is 17.2 Å². The fraction of sp³-hybridized carbons (Fsp3) is 0.658. The van der Waals surface area contributed by atoms with Gasteiger partial charge in [-0.15, -0.1) is 0 Å². The minimum absolute atomic E-state index is 0.00988. The third-order valence-corrected chi connectivity index (χ3v) is 18.2. The van der Waals surface area contributed by atoms with Crippen molar-refractivity contribution in [2.45, 2.75) is 297 Å². The van der Waals surface area contributed by atoms with E-state index in [0.29, 0.717) is 6.42 Å². The highest BCUT2D eigenvalue weighted by molar-refractivity contribution is 6.03. The second kappa shape index (κ2) is 42.9. The summed E-state index contributed by atoms with van der Waals surface area (Å²) in [7, 11) is 0. The zero-order valence-electron chi connectivity index (χ0n) is 69.6. The molecule has 9 atom stereocenters. The van der Waals surface area contributed by atoms with Gasteiger partial charge in [0.15, 0.2) is 0 Å². The number of aliphatic hydroxyl groups is 1. The van der Waals surface area contributed by atoms with Gasteiger partial charge in [0, 0.05) is 49.7 Å². The van der Waals surface area contributed by atoms with Gasteiger partial charge in [-0.3, -0.25) is 86.3 Å². The van der Waals surface area contributed by atoms with Gasteiger partial charge in [-0.05, 0) is 165 Å². The monoisotopic (exact) mass is 1610 g/mol. The Labute approximate surface area is 665 Å². The summed E-state index contributed by atoms with van der Waals surface area (Å²) in [5.74, 6) is -16.0. The van der Waals surface area contributed by atoms with E-state index in [2.05, 4.69) is 84.7 Å². The van der Waals surface area contributed by atoms with Gasteiger partial charge in [-0.1, -0.05) is 59.7 Å². The Hall–Kier alpha value is -10.8. The second-order valence-electron chi connectivity index (χ2n) is 33.3. The molecule has 38 nitrogen and oxygen atoms in total. The molecule has 0 saturated heterocycles. The third-order valence-electron chi connectivity index (χ3n) is 18.2. The first-order chi connectivity index (χ1) is 52.3. The summed E-state index contributed by atoms with van der Waals surface area (Å²) >= 11 is 0. The molecule has 0 saturated carbocycles. The van der Waals surface area contributed by atoms with Crippen molar-refractivity contribution < 1.29 is 91.4 Å². The quantitative estimate of drug-likeness (QED) is 0.0324. The van der Waals surface area contributed by atoms with Crippen LogP contribution in [0.3, 0.4) is 0 Å². The molecule has 0 bridgehead atoms. The first-order valence-electron chi connectivity index (χ1n) is 37.9. The average Bonchev–Trinajstić information content (AvgIpc) is 1.44. The average molecular weight is 1610 g/mol. The lowest BCUT2D eigenvalue weighted by Crippen LogP contribution is -2.68. The Morgan fingerprint density at radius 2 is 0.675 bits per heavy atom. The van der Waals surface area contributed by atoms with Crippen LogP contribution in [0.2, 0.25) is 0 Å². The first kappa shape index (κ1) is 99.3. The lowest BCUT2D eigenvalue weighted by molar-refractivity contribution is -0.141. The highest BCUT2D eigenvalue weighted by atomic mass is 16.3. The largest absolute Gasteiger partial charge is 0.394 e. The molecule has 1 aromatic carbocycles. The van der Waals surface area contributed by atoms with Crippen molar-refractivity contribution in [3.05, 3.63) is 36.0 Å². The molecule has 114 heavy (non-hydrogen) atoms. The number of para-hydroxylation sites is 1. The Morgan fingerprint density at radius 3 is 1.09 bits per heavy atom. The SMILES string of the molecule is CC(=O)N[C@@H](Cc1c[nH]c2ccccc12)C(=O)N[C@@H](C)C(=O)NC(C)(C)C(=O)NC(C)(C)C(=O)N[C@@H](CC(C)C)C(=O)NC(C)(C)C(=O)N[C@@H](CCC(N)=O)C(=O)NC(C)(C)C(=O)NC(C)(C)C(=O)NC(C)(C)C(=O)N[C@@H](CCC(N)=O)C(=O)N[C@@H](CC(C)C)C(=O)N[C@@H](C)C(=O)N[C@@H](CCC(N)=O)C(=O)N[C@H](CO)CC(C)C. The van der Waals surface area contributed by atoms with E-state index in [1.165, 1.54) is 104 Å². The van der Waals surface area contributed by atoms with Gasteiger partial charge < -0.3 is 107 Å². The zero-order chi connectivity index (χ0) is 87.7. The van der Waals surface area contributed by atoms with Crippen molar-refractivity contribution in [2.75, 3.05) is 6.61 Å². The van der Waals surface area contributed by atoms with Crippen molar-refractivity contribution in [2.24, 2.45) is 35.0 Å². The lowest BCUT2D eigenvalue weighted by Gasteiger charge is -2.36. The number of rotatable bonds is 47. The van der Waals surface area contributed by atoms with Gasteiger partial charge in [0.1, 0.15) is 81.6 Å². The molecule has 0 unspecified atom stereocenters. The van der Waals surface area contributed by atoms with Crippen molar-refractivity contribution in [3.63, 3.8) is 0 Å². The molecule has 2 rings (SSSR count). The number of carbonyl (C=O) groups excluding carboxylic acids is 18. The van der Waals surface area contributed by atoms with E-state index in [1.807, 2.05) is 38.1 Å². The van der Waals surface area contributed by atoms with Gasteiger partial charge in [0.25, 0.3) is 0 Å². The van der Waals surface area contributed by atoms with Crippen LogP contribution < -0.4 is 97.0 Å². The molecule has 0 spiro atoms. The van der Waals surface area contributed by atoms with Gasteiger partial charge in [0.2, 0.25) is 106 Å². The molecule has 38 heteroatoms.